The summed E-state index contributed by atoms with van der Waals surface area (Å²) < 4.78 is 15.7. The van der Waals surface area contributed by atoms with Crippen LogP contribution in [0.5, 0.6) is 5.75 Å². The van der Waals surface area contributed by atoms with Crippen molar-refractivity contribution in [2.45, 2.75) is 6.54 Å². The van der Waals surface area contributed by atoms with Crippen molar-refractivity contribution >= 4 is 34.8 Å². The Balaban J connectivity index is 1.65. The smallest absolute Gasteiger partial charge is 0.373 e. The monoisotopic (exact) mass is 432 g/mol. The highest BCUT2D eigenvalue weighted by Gasteiger charge is 2.34. The number of fused-ring (bicyclic) bond motifs is 1. The van der Waals surface area contributed by atoms with Crippen LogP contribution in [0.3, 0.4) is 0 Å². The number of carbonyl (C=O) groups excluding carboxylic acids is 3. The molecule has 1 aliphatic rings. The number of benzene rings is 2. The molecule has 0 unspecified atom stereocenters. The van der Waals surface area contributed by atoms with E-state index in [0.717, 1.165) is 15.7 Å². The fourth-order valence-electron chi connectivity index (χ4n) is 3.39. The molecule has 3 aromatic rings. The van der Waals surface area contributed by atoms with E-state index >= 15 is 0 Å². The molecule has 1 aromatic heterocycles. The molecule has 0 aliphatic carbocycles. The standard InChI is InChI=1S/C24H20N2O6/c1-3-12-31-20-10-8-15-6-4-5-7-17(15)18(20)13-19-22(27)26(24(29)25-19)14-16-9-11-21(32-16)23(28)30-2/h3-11,13H,1,12,14H2,2H3,(H,25,29). The van der Waals surface area contributed by atoms with Crippen molar-refractivity contribution < 1.29 is 28.3 Å². The van der Waals surface area contributed by atoms with Gasteiger partial charge in [-0.25, -0.2) is 9.59 Å². The van der Waals surface area contributed by atoms with Crippen LogP contribution in [0.15, 0.2) is 71.3 Å². The second-order valence-corrected chi connectivity index (χ2v) is 6.94. The van der Waals surface area contributed by atoms with Gasteiger partial charge >= 0.3 is 12.0 Å². The number of carbonyl (C=O) groups is 3. The molecule has 0 bridgehead atoms. The summed E-state index contributed by atoms with van der Waals surface area (Å²) in [5.74, 6) is -0.337. The van der Waals surface area contributed by atoms with Crippen LogP contribution in [0.4, 0.5) is 4.79 Å². The van der Waals surface area contributed by atoms with Gasteiger partial charge in [-0.05, 0) is 35.0 Å². The van der Waals surface area contributed by atoms with Gasteiger partial charge < -0.3 is 19.2 Å². The summed E-state index contributed by atoms with van der Waals surface area (Å²) in [6.45, 7) is 3.83. The highest BCUT2D eigenvalue weighted by Crippen LogP contribution is 2.31. The average Bonchev–Trinajstić information content (AvgIpc) is 3.38. The van der Waals surface area contributed by atoms with Crippen LogP contribution in [0.1, 0.15) is 21.9 Å². The molecule has 8 heteroatoms. The van der Waals surface area contributed by atoms with Gasteiger partial charge in [-0.15, -0.1) is 0 Å². The van der Waals surface area contributed by atoms with Crippen molar-refractivity contribution in [3.8, 4) is 5.75 Å². The Bertz CT molecular complexity index is 1260. The van der Waals surface area contributed by atoms with Crippen molar-refractivity contribution in [1.82, 2.24) is 10.2 Å². The summed E-state index contributed by atoms with van der Waals surface area (Å²) in [6.07, 6.45) is 3.23. The Morgan fingerprint density at radius 1 is 1.16 bits per heavy atom. The van der Waals surface area contributed by atoms with Gasteiger partial charge in [0, 0.05) is 5.56 Å². The lowest BCUT2D eigenvalue weighted by atomic mass is 10.0. The second-order valence-electron chi connectivity index (χ2n) is 6.94. The molecule has 0 saturated carbocycles. The summed E-state index contributed by atoms with van der Waals surface area (Å²) in [5, 5.41) is 4.43. The van der Waals surface area contributed by atoms with Gasteiger partial charge in [-0.3, -0.25) is 9.69 Å². The zero-order valence-electron chi connectivity index (χ0n) is 17.3. The topological polar surface area (TPSA) is 98.1 Å². The normalized spacial score (nSPS) is 14.7. The van der Waals surface area contributed by atoms with Crippen LogP contribution in [0, 0.1) is 0 Å². The van der Waals surface area contributed by atoms with Crippen LogP contribution >= 0.6 is 0 Å². The number of nitrogens with zero attached hydrogens (tertiary/aromatic N) is 1. The van der Waals surface area contributed by atoms with E-state index in [9.17, 15) is 14.4 Å². The number of imide groups is 1. The number of esters is 1. The van der Waals surface area contributed by atoms with E-state index in [0.29, 0.717) is 17.9 Å². The summed E-state index contributed by atoms with van der Waals surface area (Å²) in [4.78, 5) is 38.0. The quantitative estimate of drug-likeness (QED) is 0.263. The van der Waals surface area contributed by atoms with Crippen molar-refractivity contribution in [3.05, 3.63) is 84.0 Å². The summed E-state index contributed by atoms with van der Waals surface area (Å²) in [6, 6.07) is 13.8. The van der Waals surface area contributed by atoms with Gasteiger partial charge in [-0.1, -0.05) is 43.0 Å². The van der Waals surface area contributed by atoms with Crippen molar-refractivity contribution in [1.29, 1.82) is 0 Å². The Kier molecular flexibility index (Phi) is 5.76. The number of methoxy groups -OCH3 is 1. The van der Waals surface area contributed by atoms with E-state index in [-0.39, 0.29) is 23.8 Å². The molecule has 0 radical (unpaired) electrons. The first-order valence-corrected chi connectivity index (χ1v) is 9.79. The number of urea groups is 1. The summed E-state index contributed by atoms with van der Waals surface area (Å²) in [7, 11) is 1.24. The van der Waals surface area contributed by atoms with Gasteiger partial charge in [-0.2, -0.15) is 0 Å². The van der Waals surface area contributed by atoms with Crippen molar-refractivity contribution in [2.24, 2.45) is 0 Å². The Morgan fingerprint density at radius 3 is 2.75 bits per heavy atom. The molecule has 162 valence electrons. The molecular weight excluding hydrogens is 412 g/mol. The van der Waals surface area contributed by atoms with Gasteiger partial charge in [0.1, 0.15) is 23.8 Å². The molecule has 3 amide bonds. The van der Waals surface area contributed by atoms with Gasteiger partial charge in [0.25, 0.3) is 5.91 Å². The minimum Gasteiger partial charge on any atom is -0.489 e. The largest absolute Gasteiger partial charge is 0.489 e. The number of nitrogens with one attached hydrogen (secondary N) is 1. The van der Waals surface area contributed by atoms with Crippen LogP contribution in [0.2, 0.25) is 0 Å². The molecule has 1 aliphatic heterocycles. The van der Waals surface area contributed by atoms with Crippen LogP contribution < -0.4 is 10.1 Å². The molecule has 1 N–H and O–H groups in total. The first-order valence-electron chi connectivity index (χ1n) is 9.79. The molecule has 0 atom stereocenters. The zero-order valence-corrected chi connectivity index (χ0v) is 17.3. The van der Waals surface area contributed by atoms with E-state index < -0.39 is 17.9 Å². The number of rotatable bonds is 7. The van der Waals surface area contributed by atoms with E-state index in [1.807, 2.05) is 36.4 Å². The van der Waals surface area contributed by atoms with E-state index in [1.54, 1.807) is 12.2 Å². The number of ether oxygens (including phenoxy) is 2. The second kappa shape index (κ2) is 8.81. The third kappa shape index (κ3) is 3.98. The molecule has 4 rings (SSSR count). The summed E-state index contributed by atoms with van der Waals surface area (Å²) in [5.41, 5.74) is 0.774. The molecule has 1 saturated heterocycles. The SMILES string of the molecule is C=CCOc1ccc2ccccc2c1C=C1NC(=O)N(Cc2ccc(C(=O)OC)o2)C1=O. The minimum atomic E-state index is -0.642. The molecule has 8 nitrogen and oxygen atoms in total. The lowest BCUT2D eigenvalue weighted by molar-refractivity contribution is -0.123. The maximum absolute atomic E-state index is 13.0. The third-order valence-corrected chi connectivity index (χ3v) is 4.90. The predicted molar refractivity (Wildman–Crippen MR) is 117 cm³/mol. The van der Waals surface area contributed by atoms with E-state index in [1.165, 1.54) is 19.2 Å². The number of hydrogen-bond donors (Lipinski definition) is 1. The lowest BCUT2D eigenvalue weighted by Gasteiger charge is -2.11. The van der Waals surface area contributed by atoms with Gasteiger partial charge in [0.05, 0.1) is 13.7 Å². The number of amides is 3. The molecule has 0 spiro atoms. The molecule has 2 aromatic carbocycles. The molecular formula is C24H20N2O6. The van der Waals surface area contributed by atoms with Crippen LogP contribution in [0.25, 0.3) is 16.8 Å². The van der Waals surface area contributed by atoms with Gasteiger partial charge in [0.2, 0.25) is 5.76 Å². The fourth-order valence-corrected chi connectivity index (χ4v) is 3.39. The van der Waals surface area contributed by atoms with E-state index in [2.05, 4.69) is 16.6 Å². The summed E-state index contributed by atoms with van der Waals surface area (Å²) >= 11 is 0. The van der Waals surface area contributed by atoms with Crippen LogP contribution in [-0.4, -0.2) is 36.5 Å². The highest BCUT2D eigenvalue weighted by atomic mass is 16.5. The molecule has 32 heavy (non-hydrogen) atoms. The Hall–Kier alpha value is -4.33. The zero-order chi connectivity index (χ0) is 22.7. The maximum Gasteiger partial charge on any atom is 0.373 e. The Morgan fingerprint density at radius 2 is 1.97 bits per heavy atom. The van der Waals surface area contributed by atoms with E-state index in [4.69, 9.17) is 9.15 Å². The van der Waals surface area contributed by atoms with Crippen LogP contribution in [-0.2, 0) is 16.1 Å². The molecule has 2 heterocycles. The lowest BCUT2D eigenvalue weighted by Crippen LogP contribution is -2.30. The van der Waals surface area contributed by atoms with Crippen molar-refractivity contribution in [2.75, 3.05) is 13.7 Å². The minimum absolute atomic E-state index is 0.00918. The number of furan rings is 1. The van der Waals surface area contributed by atoms with Crippen molar-refractivity contribution in [3.63, 3.8) is 0 Å². The first-order chi connectivity index (χ1) is 15.5. The predicted octanol–water partition coefficient (Wildman–Crippen LogP) is 3.88. The highest BCUT2D eigenvalue weighted by molar-refractivity contribution is 6.14. The molecule has 1 fully saturated rings. The fraction of sp³-hybridized carbons (Fsp3) is 0.125. The third-order valence-electron chi connectivity index (χ3n) is 4.90. The maximum atomic E-state index is 13.0. The number of hydrogen-bond acceptors (Lipinski definition) is 6. The Labute approximate surface area is 183 Å². The van der Waals surface area contributed by atoms with Gasteiger partial charge in [0.15, 0.2) is 0 Å². The first kappa shape index (κ1) is 20.9. The average molecular weight is 432 g/mol.